The van der Waals surface area contributed by atoms with Gasteiger partial charge in [0.1, 0.15) is 14.2 Å². The van der Waals surface area contributed by atoms with Crippen LogP contribution in [0.15, 0.2) is 0 Å². The zero-order valence-corrected chi connectivity index (χ0v) is 25.3. The summed E-state index contributed by atoms with van der Waals surface area (Å²) in [4.78, 5) is 0. The number of unbranched alkanes of at least 4 members (excludes halogenated alkanes) is 1. The molecule has 1 spiro atoms. The molecule has 0 saturated carbocycles. The van der Waals surface area contributed by atoms with Crippen LogP contribution < -0.4 is 0 Å². The molecule has 2 aliphatic rings. The average molecular weight is 497 g/mol. The number of hydrogen-bond acceptors (Lipinski definition) is 4. The van der Waals surface area contributed by atoms with Gasteiger partial charge in [0.15, 0.2) is 14.1 Å². The summed E-state index contributed by atoms with van der Waals surface area (Å²) < 4.78 is 20.9. The minimum absolute atomic E-state index is 0.0406. The summed E-state index contributed by atoms with van der Waals surface area (Å²) >= 11 is 0. The number of aliphatic hydroxyl groups excluding tert-OH is 1. The number of ether oxygens (including phenoxy) is 2. The maximum absolute atomic E-state index is 9.58. The van der Waals surface area contributed by atoms with Crippen LogP contribution >= 0.6 is 0 Å². The lowest BCUT2D eigenvalue weighted by molar-refractivity contribution is -0.341. The van der Waals surface area contributed by atoms with Crippen molar-refractivity contribution in [3.63, 3.8) is 0 Å². The first-order valence-electron chi connectivity index (χ1n) is 13.3. The van der Waals surface area contributed by atoms with E-state index in [4.69, 9.17) is 13.9 Å². The molecular formula is C27H52O4Si2. The summed E-state index contributed by atoms with van der Waals surface area (Å²) in [5.74, 6) is 3.46. The first-order valence-corrected chi connectivity index (χ1v) is 19.7. The Morgan fingerprint density at radius 2 is 1.73 bits per heavy atom. The quantitative estimate of drug-likeness (QED) is 0.308. The Hall–Kier alpha value is -0.166. The van der Waals surface area contributed by atoms with E-state index in [1.165, 1.54) is 0 Å². The molecule has 2 heterocycles. The second-order valence-electron chi connectivity index (χ2n) is 13.1. The lowest BCUT2D eigenvalue weighted by Crippen LogP contribution is -2.63. The van der Waals surface area contributed by atoms with Gasteiger partial charge in [0, 0.05) is 19.4 Å². The Morgan fingerprint density at radius 3 is 2.27 bits per heavy atom. The molecule has 192 valence electrons. The third kappa shape index (κ3) is 7.41. The fourth-order valence-electron chi connectivity index (χ4n) is 4.73. The van der Waals surface area contributed by atoms with Crippen molar-refractivity contribution in [3.8, 4) is 11.5 Å². The second-order valence-corrected chi connectivity index (χ2v) is 22.6. The molecule has 0 aliphatic carbocycles. The lowest BCUT2D eigenvalue weighted by Gasteiger charge is -2.55. The van der Waals surface area contributed by atoms with Gasteiger partial charge in [-0.15, -0.1) is 5.54 Å². The molecule has 0 bridgehead atoms. The molecule has 0 amide bonds. The summed E-state index contributed by atoms with van der Waals surface area (Å²) in [6, 6.07) is 0. The fourth-order valence-corrected chi connectivity index (χ4v) is 6.93. The van der Waals surface area contributed by atoms with E-state index in [1.807, 2.05) is 0 Å². The van der Waals surface area contributed by atoms with Crippen LogP contribution in [0.2, 0.25) is 37.8 Å². The van der Waals surface area contributed by atoms with Gasteiger partial charge in [0.25, 0.3) is 0 Å². The highest BCUT2D eigenvalue weighted by molar-refractivity contribution is 6.83. The molecule has 1 N–H and O–H groups in total. The van der Waals surface area contributed by atoms with Gasteiger partial charge in [-0.25, -0.2) is 0 Å². The van der Waals surface area contributed by atoms with Crippen LogP contribution in [0.5, 0.6) is 0 Å². The van der Waals surface area contributed by atoms with Crippen molar-refractivity contribution in [3.05, 3.63) is 0 Å². The van der Waals surface area contributed by atoms with Crippen molar-refractivity contribution in [2.75, 3.05) is 6.61 Å². The van der Waals surface area contributed by atoms with Crippen LogP contribution in [0.25, 0.3) is 0 Å². The zero-order chi connectivity index (χ0) is 25.1. The van der Waals surface area contributed by atoms with Crippen LogP contribution in [0.1, 0.15) is 86.0 Å². The highest BCUT2D eigenvalue weighted by Crippen LogP contribution is 2.50. The van der Waals surface area contributed by atoms with Gasteiger partial charge in [0.05, 0.1) is 11.7 Å². The molecule has 2 aliphatic heterocycles. The van der Waals surface area contributed by atoms with E-state index in [2.05, 4.69) is 78.8 Å². The van der Waals surface area contributed by atoms with E-state index in [9.17, 15) is 5.11 Å². The largest absolute Gasteiger partial charge is 0.408 e. The molecule has 2 fully saturated rings. The Kier molecular flexibility index (Phi) is 9.55. The highest BCUT2D eigenvalue weighted by atomic mass is 28.4. The Labute approximate surface area is 206 Å². The van der Waals surface area contributed by atoms with Crippen molar-refractivity contribution in [1.29, 1.82) is 0 Å². The summed E-state index contributed by atoms with van der Waals surface area (Å²) in [7, 11) is -3.63. The first kappa shape index (κ1) is 29.1. The van der Waals surface area contributed by atoms with Gasteiger partial charge in [-0.2, -0.15) is 0 Å². The standard InChI is InChI=1S/C27H52O4Si2/c1-11-12-16-26(31-33(9,10)25(3,4)5)18-19-27(30-24(26)15-21-32(6,7)8)17-13-22(2)23(29-27)14-20-28/h22-24,28H,11-14,16-20H2,1-10H3/t22-,23+,24-,26+,27-/m0/s1. The van der Waals surface area contributed by atoms with Gasteiger partial charge in [-0.05, 0) is 49.7 Å². The minimum Gasteiger partial charge on any atom is -0.408 e. The molecule has 0 aromatic heterocycles. The van der Waals surface area contributed by atoms with Crippen LogP contribution in [-0.2, 0) is 13.9 Å². The van der Waals surface area contributed by atoms with Gasteiger partial charge >= 0.3 is 0 Å². The minimum atomic E-state index is -2.04. The van der Waals surface area contributed by atoms with E-state index in [-0.39, 0.29) is 29.5 Å². The normalized spacial score (nSPS) is 33.6. The van der Waals surface area contributed by atoms with E-state index < -0.39 is 22.2 Å². The lowest BCUT2D eigenvalue weighted by atomic mass is 9.79. The van der Waals surface area contributed by atoms with Crippen molar-refractivity contribution in [1.82, 2.24) is 0 Å². The maximum atomic E-state index is 9.58. The van der Waals surface area contributed by atoms with E-state index in [0.29, 0.717) is 12.3 Å². The summed E-state index contributed by atoms with van der Waals surface area (Å²) in [5, 5.41) is 9.70. The molecule has 0 aromatic rings. The van der Waals surface area contributed by atoms with Crippen molar-refractivity contribution in [2.45, 2.75) is 147 Å². The molecule has 6 heteroatoms. The predicted molar refractivity (Wildman–Crippen MR) is 143 cm³/mol. The smallest absolute Gasteiger partial charge is 0.193 e. The van der Waals surface area contributed by atoms with Gasteiger partial charge in [-0.1, -0.05) is 73.0 Å². The van der Waals surface area contributed by atoms with Crippen molar-refractivity contribution < 1.29 is 19.0 Å². The Morgan fingerprint density at radius 1 is 1.06 bits per heavy atom. The summed E-state index contributed by atoms with van der Waals surface area (Å²) in [6.45, 7) is 23.1. The van der Waals surface area contributed by atoms with Crippen LogP contribution in [-0.4, -0.2) is 51.7 Å². The molecule has 0 unspecified atom stereocenters. The second kappa shape index (κ2) is 10.8. The van der Waals surface area contributed by atoms with Gasteiger partial charge < -0.3 is 19.0 Å². The van der Waals surface area contributed by atoms with E-state index in [0.717, 1.165) is 44.9 Å². The summed E-state index contributed by atoms with van der Waals surface area (Å²) in [5.41, 5.74) is 3.24. The van der Waals surface area contributed by atoms with Crippen LogP contribution in [0, 0.1) is 17.4 Å². The topological polar surface area (TPSA) is 47.9 Å². The molecule has 5 atom stereocenters. The molecule has 33 heavy (non-hydrogen) atoms. The van der Waals surface area contributed by atoms with E-state index in [1.54, 1.807) is 0 Å². The zero-order valence-electron chi connectivity index (χ0n) is 23.3. The van der Waals surface area contributed by atoms with Crippen LogP contribution in [0.4, 0.5) is 0 Å². The number of hydrogen-bond donors (Lipinski definition) is 1. The molecule has 0 radical (unpaired) electrons. The van der Waals surface area contributed by atoms with Gasteiger partial charge in [0.2, 0.25) is 0 Å². The third-order valence-corrected chi connectivity index (χ3v) is 13.4. The summed E-state index contributed by atoms with van der Waals surface area (Å²) in [6.07, 6.45) is 7.37. The average Bonchev–Trinajstić information content (AvgIpc) is 2.68. The Bertz CT molecular complexity index is 700. The van der Waals surface area contributed by atoms with E-state index >= 15 is 0 Å². The van der Waals surface area contributed by atoms with Gasteiger partial charge in [-0.3, -0.25) is 0 Å². The van der Waals surface area contributed by atoms with Crippen LogP contribution in [0.3, 0.4) is 0 Å². The molecule has 4 nitrogen and oxygen atoms in total. The Balaban J connectivity index is 2.47. The first-order chi connectivity index (χ1) is 15.1. The monoisotopic (exact) mass is 496 g/mol. The molecule has 0 aromatic carbocycles. The fraction of sp³-hybridized carbons (Fsp3) is 0.926. The number of rotatable bonds is 7. The SMILES string of the molecule is CCCC[C@@]1(O[Si](C)(C)C(C)(C)C)CC[C@]2(CC[C@H](C)[C@@H](CCO)O2)O[C@H]1C#C[Si](C)(C)C. The molecule has 2 rings (SSSR count). The van der Waals surface area contributed by atoms with Crippen molar-refractivity contribution >= 4 is 16.4 Å². The molecular weight excluding hydrogens is 444 g/mol. The van der Waals surface area contributed by atoms with Crippen molar-refractivity contribution in [2.24, 2.45) is 5.92 Å². The third-order valence-electron chi connectivity index (χ3n) is 7.93. The maximum Gasteiger partial charge on any atom is 0.193 e. The number of aliphatic hydroxyl groups is 1. The predicted octanol–water partition coefficient (Wildman–Crippen LogP) is 6.89. The molecule has 2 saturated heterocycles. The highest BCUT2D eigenvalue weighted by Gasteiger charge is 2.56.